The standard InChI is InChI=1S/C17H16ClN3O4/c1-25-17(24)11-6-7-21-13(8-11)20-15(16(21)19-9-14(22)23)10-2-4-12(18)5-3-10/h2-4,6-8,12,19H,5,9H2,1H3,(H,22,23). The summed E-state index contributed by atoms with van der Waals surface area (Å²) in [5, 5.41) is 11.8. The third-order valence-electron chi connectivity index (χ3n) is 3.78. The first-order valence-electron chi connectivity index (χ1n) is 7.58. The number of hydrogen-bond donors (Lipinski definition) is 2. The average molecular weight is 362 g/mol. The quantitative estimate of drug-likeness (QED) is 0.628. The maximum absolute atomic E-state index is 11.7. The van der Waals surface area contributed by atoms with Crippen LogP contribution in [-0.2, 0) is 9.53 Å². The highest BCUT2D eigenvalue weighted by Crippen LogP contribution is 2.30. The SMILES string of the molecule is COC(=O)c1ccn2c(NCC(=O)O)c(C3=CCC(Cl)C=C3)nc2c1. The van der Waals surface area contributed by atoms with Crippen molar-refractivity contribution in [3.05, 3.63) is 47.8 Å². The molecule has 1 aliphatic carbocycles. The number of esters is 1. The molecule has 130 valence electrons. The number of aromatic nitrogens is 2. The van der Waals surface area contributed by atoms with E-state index in [1.54, 1.807) is 22.7 Å². The van der Waals surface area contributed by atoms with E-state index in [1.165, 1.54) is 7.11 Å². The predicted molar refractivity (Wildman–Crippen MR) is 94.0 cm³/mol. The van der Waals surface area contributed by atoms with Crippen LogP contribution in [-0.4, -0.2) is 45.5 Å². The first kappa shape index (κ1) is 17.0. The van der Waals surface area contributed by atoms with Gasteiger partial charge in [-0.1, -0.05) is 18.2 Å². The highest BCUT2D eigenvalue weighted by atomic mass is 35.5. The highest BCUT2D eigenvalue weighted by molar-refractivity contribution is 6.22. The number of carboxylic acid groups (broad SMARTS) is 1. The Balaban J connectivity index is 2.09. The predicted octanol–water partition coefficient (Wildman–Crippen LogP) is 2.57. The number of nitrogens with zero attached hydrogens (tertiary/aromatic N) is 2. The van der Waals surface area contributed by atoms with Gasteiger partial charge >= 0.3 is 11.9 Å². The number of imidazole rings is 1. The zero-order valence-electron chi connectivity index (χ0n) is 13.4. The highest BCUT2D eigenvalue weighted by Gasteiger charge is 2.19. The molecule has 0 spiro atoms. The van der Waals surface area contributed by atoms with Gasteiger partial charge in [0.2, 0.25) is 0 Å². The topological polar surface area (TPSA) is 92.9 Å². The van der Waals surface area contributed by atoms with Crippen molar-refractivity contribution in [2.45, 2.75) is 11.8 Å². The Morgan fingerprint density at radius 2 is 2.32 bits per heavy atom. The number of allylic oxidation sites excluding steroid dienone is 4. The van der Waals surface area contributed by atoms with E-state index in [0.29, 0.717) is 29.1 Å². The molecule has 8 heteroatoms. The van der Waals surface area contributed by atoms with Crippen LogP contribution in [0.5, 0.6) is 0 Å². The summed E-state index contributed by atoms with van der Waals surface area (Å²) in [7, 11) is 1.31. The van der Waals surface area contributed by atoms with Gasteiger partial charge in [0.25, 0.3) is 0 Å². The van der Waals surface area contributed by atoms with Gasteiger partial charge in [-0.15, -0.1) is 11.6 Å². The van der Waals surface area contributed by atoms with Crippen LogP contribution in [0.4, 0.5) is 5.82 Å². The van der Waals surface area contributed by atoms with Gasteiger partial charge in [-0.25, -0.2) is 9.78 Å². The first-order chi connectivity index (χ1) is 12.0. The van der Waals surface area contributed by atoms with Gasteiger partial charge in [-0.05, 0) is 24.1 Å². The van der Waals surface area contributed by atoms with Crippen LogP contribution >= 0.6 is 11.6 Å². The number of anilines is 1. The van der Waals surface area contributed by atoms with E-state index in [-0.39, 0.29) is 11.9 Å². The lowest BCUT2D eigenvalue weighted by Crippen LogP contribution is -2.14. The fourth-order valence-electron chi connectivity index (χ4n) is 2.59. The molecule has 0 fully saturated rings. The minimum absolute atomic E-state index is 0.0675. The minimum atomic E-state index is -0.985. The normalized spacial score (nSPS) is 16.6. The smallest absolute Gasteiger partial charge is 0.338 e. The molecule has 1 atom stereocenters. The minimum Gasteiger partial charge on any atom is -0.480 e. The molecule has 7 nitrogen and oxygen atoms in total. The molecule has 2 aromatic rings. The molecule has 25 heavy (non-hydrogen) atoms. The molecular formula is C17H16ClN3O4. The number of pyridine rings is 1. The fourth-order valence-corrected chi connectivity index (χ4v) is 2.75. The Hall–Kier alpha value is -2.80. The van der Waals surface area contributed by atoms with E-state index < -0.39 is 11.9 Å². The summed E-state index contributed by atoms with van der Waals surface area (Å²) in [5.41, 5.74) is 2.31. The molecule has 0 aromatic carbocycles. The number of carbonyl (C=O) groups excluding carboxylic acids is 1. The Morgan fingerprint density at radius 3 is 2.96 bits per heavy atom. The van der Waals surface area contributed by atoms with E-state index in [9.17, 15) is 9.59 Å². The molecule has 2 aromatic heterocycles. The lowest BCUT2D eigenvalue weighted by atomic mass is 10.0. The van der Waals surface area contributed by atoms with Crippen LogP contribution in [0, 0.1) is 0 Å². The van der Waals surface area contributed by atoms with Crippen LogP contribution in [0.25, 0.3) is 11.2 Å². The molecule has 2 N–H and O–H groups in total. The van der Waals surface area contributed by atoms with E-state index >= 15 is 0 Å². The lowest BCUT2D eigenvalue weighted by molar-refractivity contribution is -0.134. The number of nitrogens with one attached hydrogen (secondary N) is 1. The molecular weight excluding hydrogens is 346 g/mol. The van der Waals surface area contributed by atoms with E-state index in [4.69, 9.17) is 21.4 Å². The number of halogens is 1. The van der Waals surface area contributed by atoms with Crippen molar-refractivity contribution >= 4 is 40.6 Å². The van der Waals surface area contributed by atoms with Crippen LogP contribution in [0.3, 0.4) is 0 Å². The van der Waals surface area contributed by atoms with Crippen LogP contribution < -0.4 is 5.32 Å². The Kier molecular flexibility index (Phi) is 4.76. The average Bonchev–Trinajstić information content (AvgIpc) is 2.97. The summed E-state index contributed by atoms with van der Waals surface area (Å²) in [4.78, 5) is 27.2. The maximum Gasteiger partial charge on any atom is 0.338 e. The fraction of sp³-hybridized carbons (Fsp3) is 0.235. The van der Waals surface area contributed by atoms with Gasteiger partial charge < -0.3 is 15.2 Å². The number of methoxy groups -OCH3 is 1. The van der Waals surface area contributed by atoms with Gasteiger partial charge in [0.1, 0.15) is 23.7 Å². The largest absolute Gasteiger partial charge is 0.480 e. The Morgan fingerprint density at radius 1 is 1.52 bits per heavy atom. The zero-order valence-corrected chi connectivity index (χ0v) is 14.2. The molecule has 0 amide bonds. The van der Waals surface area contributed by atoms with Crippen molar-refractivity contribution in [3.63, 3.8) is 0 Å². The van der Waals surface area contributed by atoms with Gasteiger partial charge in [-0.3, -0.25) is 9.20 Å². The van der Waals surface area contributed by atoms with Gasteiger partial charge in [0.15, 0.2) is 0 Å². The second-order valence-electron chi connectivity index (χ2n) is 5.46. The molecule has 3 rings (SSSR count). The monoisotopic (exact) mass is 361 g/mol. The van der Waals surface area contributed by atoms with Crippen molar-refractivity contribution < 1.29 is 19.4 Å². The number of fused-ring (bicyclic) bond motifs is 1. The van der Waals surface area contributed by atoms with Crippen molar-refractivity contribution in [1.82, 2.24) is 9.38 Å². The Labute approximate surface area is 148 Å². The summed E-state index contributed by atoms with van der Waals surface area (Å²) in [6.07, 6.45) is 7.98. The number of ether oxygens (including phenoxy) is 1. The zero-order chi connectivity index (χ0) is 18.0. The van der Waals surface area contributed by atoms with Crippen LogP contribution in [0.15, 0.2) is 36.6 Å². The van der Waals surface area contributed by atoms with E-state index in [1.807, 2.05) is 18.2 Å². The van der Waals surface area contributed by atoms with Gasteiger partial charge in [0, 0.05) is 6.20 Å². The summed E-state index contributed by atoms with van der Waals surface area (Å²) in [6, 6.07) is 3.19. The third kappa shape index (κ3) is 3.51. The molecule has 0 saturated carbocycles. The lowest BCUT2D eigenvalue weighted by Gasteiger charge is -2.11. The number of carbonyl (C=O) groups is 2. The number of hydrogen-bond acceptors (Lipinski definition) is 5. The summed E-state index contributed by atoms with van der Waals surface area (Å²) in [5.74, 6) is -0.910. The maximum atomic E-state index is 11.7. The summed E-state index contributed by atoms with van der Waals surface area (Å²) in [6.45, 7) is -0.255. The number of alkyl halides is 1. The molecule has 0 radical (unpaired) electrons. The van der Waals surface area contributed by atoms with Crippen molar-refractivity contribution in [2.24, 2.45) is 0 Å². The number of carboxylic acids is 1. The number of aliphatic carboxylic acids is 1. The summed E-state index contributed by atoms with van der Waals surface area (Å²) < 4.78 is 6.42. The van der Waals surface area contributed by atoms with Crippen LogP contribution in [0.2, 0.25) is 0 Å². The molecule has 1 unspecified atom stereocenters. The first-order valence-corrected chi connectivity index (χ1v) is 8.02. The second-order valence-corrected chi connectivity index (χ2v) is 6.02. The van der Waals surface area contributed by atoms with Crippen molar-refractivity contribution in [2.75, 3.05) is 19.0 Å². The molecule has 1 aliphatic rings. The summed E-state index contributed by atoms with van der Waals surface area (Å²) >= 11 is 6.06. The third-order valence-corrected chi connectivity index (χ3v) is 4.10. The second kappa shape index (κ2) is 6.98. The van der Waals surface area contributed by atoms with Crippen molar-refractivity contribution in [3.8, 4) is 0 Å². The molecule has 0 saturated heterocycles. The van der Waals surface area contributed by atoms with Gasteiger partial charge in [-0.2, -0.15) is 0 Å². The van der Waals surface area contributed by atoms with Crippen molar-refractivity contribution in [1.29, 1.82) is 0 Å². The van der Waals surface area contributed by atoms with E-state index in [0.717, 1.165) is 5.57 Å². The number of rotatable bonds is 5. The molecule has 2 heterocycles. The Bertz CT molecular complexity index is 901. The van der Waals surface area contributed by atoms with E-state index in [2.05, 4.69) is 10.3 Å². The van der Waals surface area contributed by atoms with Crippen LogP contribution in [0.1, 0.15) is 22.5 Å². The van der Waals surface area contributed by atoms with Gasteiger partial charge in [0.05, 0.1) is 18.1 Å². The molecule has 0 aliphatic heterocycles. The molecule has 0 bridgehead atoms.